The van der Waals surface area contributed by atoms with Crippen molar-refractivity contribution in [3.05, 3.63) is 23.8 Å². The molecule has 18 heavy (non-hydrogen) atoms. The van der Waals surface area contributed by atoms with E-state index in [1.807, 2.05) is 12.1 Å². The first-order chi connectivity index (χ1) is 8.58. The Kier molecular flexibility index (Phi) is 4.12. The van der Waals surface area contributed by atoms with E-state index in [0.717, 1.165) is 29.8 Å². The topological polar surface area (TPSA) is 38.5 Å². The van der Waals surface area contributed by atoms with Gasteiger partial charge in [0.05, 0.1) is 7.11 Å². The van der Waals surface area contributed by atoms with Crippen LogP contribution in [0.25, 0.3) is 0 Å². The van der Waals surface area contributed by atoms with Gasteiger partial charge in [-0.1, -0.05) is 19.9 Å². The molecular weight excluding hydrogens is 224 g/mol. The van der Waals surface area contributed by atoms with Gasteiger partial charge in [0.15, 0.2) is 0 Å². The number of nitrogen functional groups attached to an aromatic ring is 1. The number of nitrogens with two attached hydrogens (primary N) is 1. The third-order valence-electron chi connectivity index (χ3n) is 3.69. The van der Waals surface area contributed by atoms with Crippen LogP contribution < -0.4 is 10.5 Å². The maximum Gasteiger partial charge on any atom is 0.120 e. The van der Waals surface area contributed by atoms with Crippen molar-refractivity contribution in [2.24, 2.45) is 11.8 Å². The lowest BCUT2D eigenvalue weighted by atomic mass is 9.91. The van der Waals surface area contributed by atoms with Gasteiger partial charge in [-0.15, -0.1) is 0 Å². The Morgan fingerprint density at radius 2 is 1.94 bits per heavy atom. The fourth-order valence-electron chi connectivity index (χ4n) is 3.01. The van der Waals surface area contributed by atoms with E-state index >= 15 is 0 Å². The molecule has 1 fully saturated rings. The average molecular weight is 248 g/mol. The van der Waals surface area contributed by atoms with Gasteiger partial charge >= 0.3 is 0 Å². The van der Waals surface area contributed by atoms with Gasteiger partial charge in [-0.3, -0.25) is 4.90 Å². The smallest absolute Gasteiger partial charge is 0.120 e. The van der Waals surface area contributed by atoms with Gasteiger partial charge in [-0.2, -0.15) is 0 Å². The monoisotopic (exact) mass is 248 g/mol. The van der Waals surface area contributed by atoms with E-state index in [1.54, 1.807) is 7.11 Å². The number of anilines is 1. The zero-order chi connectivity index (χ0) is 13.1. The van der Waals surface area contributed by atoms with Gasteiger partial charge < -0.3 is 10.5 Å². The van der Waals surface area contributed by atoms with Gasteiger partial charge in [0.2, 0.25) is 0 Å². The maximum absolute atomic E-state index is 6.08. The van der Waals surface area contributed by atoms with Gasteiger partial charge in [0.1, 0.15) is 5.75 Å². The molecule has 2 rings (SSSR count). The first kappa shape index (κ1) is 13.2. The summed E-state index contributed by atoms with van der Waals surface area (Å²) < 4.78 is 5.18. The van der Waals surface area contributed by atoms with Crippen molar-refractivity contribution >= 4 is 5.69 Å². The van der Waals surface area contributed by atoms with Crippen LogP contribution in [0.4, 0.5) is 5.69 Å². The van der Waals surface area contributed by atoms with Crippen LogP contribution in [0.15, 0.2) is 18.2 Å². The highest BCUT2D eigenvalue weighted by atomic mass is 16.5. The number of rotatable bonds is 3. The molecule has 2 atom stereocenters. The number of likely N-dealkylation sites (tertiary alicyclic amines) is 1. The van der Waals surface area contributed by atoms with E-state index in [-0.39, 0.29) is 0 Å². The van der Waals surface area contributed by atoms with Gasteiger partial charge in [-0.25, -0.2) is 0 Å². The van der Waals surface area contributed by atoms with Crippen LogP contribution in [-0.2, 0) is 6.54 Å². The molecule has 0 bridgehead atoms. The second-order valence-electron chi connectivity index (χ2n) is 5.70. The Balaban J connectivity index is 2.04. The summed E-state index contributed by atoms with van der Waals surface area (Å²) >= 11 is 0. The molecule has 100 valence electrons. The summed E-state index contributed by atoms with van der Waals surface area (Å²) in [6.45, 7) is 7.97. The molecule has 1 heterocycles. The minimum atomic E-state index is 0.785. The van der Waals surface area contributed by atoms with Crippen LogP contribution in [0.3, 0.4) is 0 Å². The van der Waals surface area contributed by atoms with Crippen molar-refractivity contribution in [3.63, 3.8) is 0 Å². The third kappa shape index (κ3) is 3.16. The van der Waals surface area contributed by atoms with Crippen molar-refractivity contribution in [2.45, 2.75) is 26.8 Å². The molecule has 0 aromatic heterocycles. The molecule has 3 heteroatoms. The Morgan fingerprint density at radius 1 is 1.28 bits per heavy atom. The number of ether oxygens (including phenoxy) is 1. The summed E-state index contributed by atoms with van der Waals surface area (Å²) in [4.78, 5) is 2.51. The molecule has 1 aliphatic rings. The molecule has 1 aliphatic heterocycles. The highest BCUT2D eigenvalue weighted by molar-refractivity contribution is 5.51. The molecule has 0 spiro atoms. The zero-order valence-corrected chi connectivity index (χ0v) is 11.6. The molecule has 0 aliphatic carbocycles. The Bertz CT molecular complexity index is 395. The van der Waals surface area contributed by atoms with Crippen LogP contribution in [0.1, 0.15) is 25.8 Å². The highest BCUT2D eigenvalue weighted by Gasteiger charge is 2.22. The predicted octanol–water partition coefficient (Wildman–Crippen LogP) is 2.76. The van der Waals surface area contributed by atoms with Crippen LogP contribution in [0.2, 0.25) is 0 Å². The Morgan fingerprint density at radius 3 is 2.50 bits per heavy atom. The number of benzene rings is 1. The molecule has 0 amide bonds. The Hall–Kier alpha value is -1.22. The normalized spacial score (nSPS) is 25.1. The second kappa shape index (κ2) is 5.61. The summed E-state index contributed by atoms with van der Waals surface area (Å²) in [5, 5.41) is 0. The van der Waals surface area contributed by atoms with Crippen molar-refractivity contribution in [1.82, 2.24) is 4.90 Å². The van der Waals surface area contributed by atoms with Crippen LogP contribution in [-0.4, -0.2) is 25.1 Å². The number of nitrogens with zero attached hydrogens (tertiary/aromatic N) is 1. The first-order valence-electron chi connectivity index (χ1n) is 6.73. The van der Waals surface area contributed by atoms with Crippen molar-refractivity contribution in [1.29, 1.82) is 0 Å². The van der Waals surface area contributed by atoms with E-state index < -0.39 is 0 Å². The lowest BCUT2D eigenvalue weighted by molar-refractivity contribution is 0.134. The Labute approximate surface area is 110 Å². The summed E-state index contributed by atoms with van der Waals surface area (Å²) in [6.07, 6.45) is 1.34. The van der Waals surface area contributed by atoms with Gasteiger partial charge in [0, 0.05) is 31.4 Å². The summed E-state index contributed by atoms with van der Waals surface area (Å²) in [7, 11) is 1.67. The summed E-state index contributed by atoms with van der Waals surface area (Å²) in [6, 6.07) is 5.98. The van der Waals surface area contributed by atoms with E-state index in [9.17, 15) is 0 Å². The van der Waals surface area contributed by atoms with E-state index in [1.165, 1.54) is 25.1 Å². The molecular formula is C15H24N2O. The van der Waals surface area contributed by atoms with Gasteiger partial charge in [0.25, 0.3) is 0 Å². The number of methoxy groups -OCH3 is 1. The van der Waals surface area contributed by atoms with Crippen molar-refractivity contribution in [3.8, 4) is 5.75 Å². The van der Waals surface area contributed by atoms with Crippen LogP contribution >= 0.6 is 0 Å². The molecule has 1 aromatic carbocycles. The summed E-state index contributed by atoms with van der Waals surface area (Å²) in [5.74, 6) is 2.40. The molecule has 0 saturated carbocycles. The van der Waals surface area contributed by atoms with Crippen molar-refractivity contribution in [2.75, 3.05) is 25.9 Å². The molecule has 1 aromatic rings. The lowest BCUT2D eigenvalue weighted by Gasteiger charge is -2.35. The molecule has 3 nitrogen and oxygen atoms in total. The largest absolute Gasteiger partial charge is 0.497 e. The molecule has 2 unspecified atom stereocenters. The zero-order valence-electron chi connectivity index (χ0n) is 11.6. The molecule has 1 saturated heterocycles. The standard InChI is InChI=1S/C15H24N2O/c1-11-6-12(2)9-17(8-11)10-13-4-5-14(18-3)7-15(13)16/h4-5,7,11-12H,6,8-10,16H2,1-3H3. The molecule has 0 radical (unpaired) electrons. The third-order valence-corrected chi connectivity index (χ3v) is 3.69. The number of hydrogen-bond donors (Lipinski definition) is 1. The fourth-order valence-corrected chi connectivity index (χ4v) is 3.01. The quantitative estimate of drug-likeness (QED) is 0.836. The molecule has 2 N–H and O–H groups in total. The van der Waals surface area contributed by atoms with Gasteiger partial charge in [-0.05, 0) is 29.9 Å². The first-order valence-corrected chi connectivity index (χ1v) is 6.73. The van der Waals surface area contributed by atoms with Crippen LogP contribution in [0, 0.1) is 11.8 Å². The minimum absolute atomic E-state index is 0.785. The maximum atomic E-state index is 6.08. The SMILES string of the molecule is COc1ccc(CN2CC(C)CC(C)C2)c(N)c1. The number of piperidine rings is 1. The second-order valence-corrected chi connectivity index (χ2v) is 5.70. The highest BCUT2D eigenvalue weighted by Crippen LogP contribution is 2.25. The predicted molar refractivity (Wildman–Crippen MR) is 75.6 cm³/mol. The lowest BCUT2D eigenvalue weighted by Crippen LogP contribution is -2.38. The van der Waals surface area contributed by atoms with E-state index in [0.29, 0.717) is 0 Å². The van der Waals surface area contributed by atoms with E-state index in [4.69, 9.17) is 10.5 Å². The van der Waals surface area contributed by atoms with Crippen molar-refractivity contribution < 1.29 is 4.74 Å². The average Bonchev–Trinajstić information content (AvgIpc) is 2.30. The summed E-state index contributed by atoms with van der Waals surface area (Å²) in [5.41, 5.74) is 8.12. The van der Waals surface area contributed by atoms with Crippen LogP contribution in [0.5, 0.6) is 5.75 Å². The minimum Gasteiger partial charge on any atom is -0.497 e. The van der Waals surface area contributed by atoms with E-state index in [2.05, 4.69) is 24.8 Å². The number of hydrogen-bond acceptors (Lipinski definition) is 3. The fraction of sp³-hybridized carbons (Fsp3) is 0.600.